The summed E-state index contributed by atoms with van der Waals surface area (Å²) in [6.45, 7) is 20.7. The van der Waals surface area contributed by atoms with Gasteiger partial charge >= 0.3 is 350 Å². The van der Waals surface area contributed by atoms with E-state index in [0.29, 0.717) is 141 Å². The van der Waals surface area contributed by atoms with E-state index in [1.54, 1.807) is 163 Å². The molecular weight excluding hydrogens is 2170 g/mol. The summed E-state index contributed by atoms with van der Waals surface area (Å²) in [4.78, 5) is 11.3. The second-order valence-corrected chi connectivity index (χ2v) is 28.3. The van der Waals surface area contributed by atoms with Gasteiger partial charge in [-0.25, -0.2) is 51.0 Å². The summed E-state index contributed by atoms with van der Waals surface area (Å²) in [5.74, 6) is 8.81. The van der Waals surface area contributed by atoms with Gasteiger partial charge in [0.05, 0.1) is 21.3 Å². The van der Waals surface area contributed by atoms with Crippen LogP contribution in [-0.2, 0) is 50.1 Å². The van der Waals surface area contributed by atoms with Gasteiger partial charge in [0.1, 0.15) is 118 Å². The van der Waals surface area contributed by atoms with Crippen molar-refractivity contribution in [1.29, 1.82) is 0 Å². The van der Waals surface area contributed by atoms with Crippen molar-refractivity contribution in [2.75, 3.05) is 21.3 Å². The summed E-state index contributed by atoms with van der Waals surface area (Å²) in [7, 11) is 4.77. The topological polar surface area (TPSA) is 187 Å². The van der Waals surface area contributed by atoms with Crippen LogP contribution in [0.3, 0.4) is 0 Å². The fourth-order valence-corrected chi connectivity index (χ4v) is 12.0. The van der Waals surface area contributed by atoms with Crippen LogP contribution < -0.4 is 407 Å². The Labute approximate surface area is 993 Å². The molecule has 10 atom stereocenters. The molecule has 0 bridgehead atoms. The summed E-state index contributed by atoms with van der Waals surface area (Å²) in [6, 6.07) is 56.1. The van der Waals surface area contributed by atoms with Crippen LogP contribution in [0.4, 0.5) is 13.2 Å². The van der Waals surface area contributed by atoms with Crippen LogP contribution in [-0.4, -0.2) is 52.8 Å². The van der Waals surface area contributed by atoms with E-state index in [9.17, 15) is 18.0 Å². The van der Waals surface area contributed by atoms with Crippen molar-refractivity contribution in [3.8, 4) is 69.0 Å². The van der Waals surface area contributed by atoms with E-state index >= 15 is 0 Å². The van der Waals surface area contributed by atoms with E-state index in [2.05, 4.69) is 34.6 Å². The minimum Gasteiger partial charge on any atom is -0.520 e. The minimum absolute atomic E-state index is 0. The number of halogens is 5. The van der Waals surface area contributed by atoms with Crippen molar-refractivity contribution >= 4 is 34.2 Å². The molecule has 0 amide bonds. The monoisotopic (exact) mass is 2250 g/mol. The predicted molar refractivity (Wildman–Crippen MR) is 419 cm³/mol. The van der Waals surface area contributed by atoms with Crippen molar-refractivity contribution in [2.45, 2.75) is 125 Å². The van der Waals surface area contributed by atoms with Gasteiger partial charge in [-0.05, 0) is 139 Å². The quantitative estimate of drug-likeness (QED) is 0.0462. The van der Waals surface area contributed by atoms with Crippen LogP contribution in [0.1, 0.15) is 89.0 Å². The number of rotatable bonds is 25. The molecule has 10 aromatic rings. The molecule has 1 aromatic heterocycles. The van der Waals surface area contributed by atoms with Crippen molar-refractivity contribution in [3.05, 3.63) is 293 Å². The third-order valence-corrected chi connectivity index (χ3v) is 17.9. The molecule has 9 aromatic carbocycles. The van der Waals surface area contributed by atoms with Crippen molar-refractivity contribution in [1.82, 2.24) is 0 Å². The van der Waals surface area contributed by atoms with Gasteiger partial charge in [-0.15, -0.1) is 29.6 Å². The molecule has 0 saturated carbocycles. The smallest absolute Gasteiger partial charge is 0.520 e. The fraction of sp³-hybridized carbons (Fsp3) is 0.303. The van der Waals surface area contributed by atoms with Gasteiger partial charge in [0, 0.05) is 76.1 Å². The largest absolute Gasteiger partial charge is 1.00 e. The number of ether oxygens (including phenoxy) is 17. The Morgan fingerprint density at radius 3 is 0.941 bits per heavy atom. The molecule has 5 aliphatic heterocycles. The maximum Gasteiger partial charge on any atom is 1.00 e. The Bertz CT molecular complexity index is 4580. The summed E-state index contributed by atoms with van der Waals surface area (Å²) >= 11 is 12.0. The zero-order chi connectivity index (χ0) is 79.6. The van der Waals surface area contributed by atoms with Gasteiger partial charge in [0.15, 0.2) is 31.5 Å². The zero-order valence-electron chi connectivity index (χ0n) is 68.7. The standard InChI is InChI=1S/C21H19O5.2C19H20FO4.C18H17ClFO3.C12H14ClO3.5Cs/c1-14-9-21(24-12-14)25-18-4-2-3-17(11-18)23-13-15-5-6-16-7-8-20(22)26-19(16)10-15;2*1-13-7-19(23-11-13)24-18-9-16(21-2)8-17(10-18)22-12-14-3-5-15(20)6-4-14;1-12-6-18(22-10-12)23-17-8-14(19)7-16(9-17)21-11-13-2-4-15(20)5-3-13;1-8-3-12(15-7-8)16-11-5-9(13)4-10(6-11)14-2;;;;;/h2-8,10-12,14,21H,9,13H2,1H3;2*3-6,8-11,13,19H,7,12H2,1-2H3;2-5,7-10,12,18H,6,11H2,1H3;4-8,12H,3H2,1-2H3;;;;;/q5*-1;5*+1/t14-,21?;2*13-,19?;12-,18?;8-,12?;;;;;/m11111...../s1. The first kappa shape index (κ1) is 107. The van der Waals surface area contributed by atoms with Crippen molar-refractivity contribution in [3.63, 3.8) is 0 Å². The first-order chi connectivity index (χ1) is 54.6. The number of fused-ring (bicyclic) bond motifs is 1. The SMILES string of the molecule is COc1cc(Cl)cc(OC2C[C@@H](C)[CH-]O2)c1.COc1cc(OCc2ccc(F)cc2)cc(OC2C[C@@H](C)[CH-]O2)c1.COc1cc(OCc2ccc(F)cc2)cc(OC2C[C@@H](C)[CH-]O2)c1.C[C@H]1[CH-]OC(Oc2cc(Cl)cc(OCc3ccc(F)cc3)c2)C1.C[C@H]1[CH-]OC(Oc2cccc(OCc3ccc4ccc(=O)oc4c3)c2)C1.[Cs+].[Cs+].[Cs+].[Cs+].[Cs+]. The zero-order valence-corrected chi connectivity index (χ0v) is 102. The van der Waals surface area contributed by atoms with Crippen molar-refractivity contribution < 1.29 is 443 Å². The summed E-state index contributed by atoms with van der Waals surface area (Å²) in [5, 5.41) is 1.99. The summed E-state index contributed by atoms with van der Waals surface area (Å²) in [5.41, 5.74) is 3.74. The van der Waals surface area contributed by atoms with Gasteiger partial charge in [-0.1, -0.05) is 112 Å². The molecule has 118 heavy (non-hydrogen) atoms. The Morgan fingerprint density at radius 1 is 0.322 bits per heavy atom. The molecule has 19 nitrogen and oxygen atoms in total. The average molecular weight is 2260 g/mol. The molecule has 6 heterocycles. The molecule has 0 radical (unpaired) electrons. The van der Waals surface area contributed by atoms with Crippen LogP contribution in [0.25, 0.3) is 11.0 Å². The summed E-state index contributed by atoms with van der Waals surface area (Å²) in [6.07, 6.45) is 2.76. The molecular formula is C89H90Cl2Cs5F3O19. The first-order valence-corrected chi connectivity index (χ1v) is 37.6. The van der Waals surface area contributed by atoms with Crippen LogP contribution in [0, 0.1) is 80.1 Å². The normalized spacial score (nSPS) is 19.7. The van der Waals surface area contributed by atoms with Crippen LogP contribution in [0.5, 0.6) is 69.0 Å². The van der Waals surface area contributed by atoms with Crippen LogP contribution in [0.15, 0.2) is 209 Å². The van der Waals surface area contributed by atoms with E-state index in [-0.39, 0.29) is 399 Å². The molecule has 5 fully saturated rings. The first-order valence-electron chi connectivity index (χ1n) is 36.8. The molecule has 5 unspecified atom stereocenters. The number of hydrogen-bond acceptors (Lipinski definition) is 19. The van der Waals surface area contributed by atoms with Crippen molar-refractivity contribution in [2.24, 2.45) is 29.6 Å². The average Bonchev–Trinajstić information content (AvgIpc) is 1.29. The van der Waals surface area contributed by atoms with Gasteiger partial charge in [-0.3, -0.25) is 0 Å². The maximum absolute atomic E-state index is 12.9. The number of methoxy groups -OCH3 is 3. The Kier molecular flexibility index (Phi) is 51.3. The van der Waals surface area contributed by atoms with E-state index in [0.717, 1.165) is 59.7 Å². The van der Waals surface area contributed by atoms with Gasteiger partial charge < -0.3 is 84.9 Å². The molecule has 5 aliphatic rings. The minimum atomic E-state index is -0.360. The molecule has 0 N–H and O–H groups in total. The van der Waals surface area contributed by atoms with Crippen LogP contribution >= 0.6 is 23.2 Å². The molecule has 0 aliphatic carbocycles. The van der Waals surface area contributed by atoms with Gasteiger partial charge in [-0.2, -0.15) is 0 Å². The molecule has 600 valence electrons. The second-order valence-electron chi connectivity index (χ2n) is 27.4. The van der Waals surface area contributed by atoms with E-state index < -0.39 is 0 Å². The fourth-order valence-electron chi connectivity index (χ4n) is 11.6. The Morgan fingerprint density at radius 2 is 0.585 bits per heavy atom. The molecule has 5 saturated heterocycles. The van der Waals surface area contributed by atoms with Crippen LogP contribution in [0.2, 0.25) is 10.0 Å². The molecule has 29 heteroatoms. The van der Waals surface area contributed by atoms with E-state index in [4.69, 9.17) is 108 Å². The van der Waals surface area contributed by atoms with E-state index in [1.165, 1.54) is 42.5 Å². The predicted octanol–water partition coefficient (Wildman–Crippen LogP) is 6.24. The Balaban J connectivity index is 0.000000228. The second kappa shape index (κ2) is 56.6. The Hall–Kier alpha value is 0.220. The third-order valence-electron chi connectivity index (χ3n) is 17.4. The molecule has 15 rings (SSSR count). The third kappa shape index (κ3) is 38.1. The summed E-state index contributed by atoms with van der Waals surface area (Å²) < 4.78 is 139. The van der Waals surface area contributed by atoms with Gasteiger partial charge in [0.25, 0.3) is 0 Å². The number of benzene rings is 9. The van der Waals surface area contributed by atoms with E-state index in [1.807, 2.05) is 49.1 Å². The maximum atomic E-state index is 12.9. The van der Waals surface area contributed by atoms with Gasteiger partial charge in [0.2, 0.25) is 0 Å². The molecule has 0 spiro atoms. The number of hydrogen-bond donors (Lipinski definition) is 0.